The summed E-state index contributed by atoms with van der Waals surface area (Å²) >= 11 is 0. The van der Waals surface area contributed by atoms with Crippen LogP contribution in [0.1, 0.15) is 59.1 Å². The number of hydrogen-bond donors (Lipinski definition) is 0. The topological polar surface area (TPSA) is 61.8 Å². The van der Waals surface area contributed by atoms with E-state index in [0.717, 1.165) is 5.56 Å². The van der Waals surface area contributed by atoms with Crippen molar-refractivity contribution in [1.29, 1.82) is 0 Å². The third kappa shape index (κ3) is 3.97. The van der Waals surface area contributed by atoms with E-state index in [0.29, 0.717) is 31.8 Å². The zero-order chi connectivity index (χ0) is 21.2. The molecule has 1 aliphatic heterocycles. The molecule has 1 heterocycles. The second kappa shape index (κ2) is 8.70. The lowest BCUT2D eigenvalue weighted by molar-refractivity contribution is -0.182. The molecule has 5 heteroatoms. The molecule has 0 amide bonds. The number of esters is 2. The summed E-state index contributed by atoms with van der Waals surface area (Å²) in [5.74, 6) is 0.746. The molecule has 5 atom stereocenters. The average molecular weight is 401 g/mol. The highest BCUT2D eigenvalue weighted by Crippen LogP contribution is 2.57. The first-order valence-electron chi connectivity index (χ1n) is 10.6. The van der Waals surface area contributed by atoms with Crippen molar-refractivity contribution in [2.24, 2.45) is 23.2 Å². The summed E-state index contributed by atoms with van der Waals surface area (Å²) < 4.78 is 17.6. The molecule has 1 aromatic rings. The first kappa shape index (κ1) is 21.6. The Kier molecular flexibility index (Phi) is 6.47. The third-order valence-electron chi connectivity index (χ3n) is 6.78. The first-order chi connectivity index (χ1) is 13.8. The molecule has 1 fully saturated rings. The lowest BCUT2D eigenvalue weighted by Crippen LogP contribution is -2.54. The van der Waals surface area contributed by atoms with Crippen molar-refractivity contribution in [3.05, 3.63) is 41.5 Å². The lowest BCUT2D eigenvalue weighted by atomic mass is 9.56. The summed E-state index contributed by atoms with van der Waals surface area (Å²) in [6.45, 7) is 11.0. The molecule has 3 rings (SSSR count). The van der Waals surface area contributed by atoms with Crippen molar-refractivity contribution >= 4 is 11.9 Å². The monoisotopic (exact) mass is 400 g/mol. The van der Waals surface area contributed by atoms with Gasteiger partial charge in [0.25, 0.3) is 0 Å². The molecule has 0 unspecified atom stereocenters. The largest absolute Gasteiger partial charge is 0.465 e. The summed E-state index contributed by atoms with van der Waals surface area (Å²) in [6.07, 6.45) is 2.78. The number of rotatable bonds is 6. The van der Waals surface area contributed by atoms with Gasteiger partial charge in [0.15, 0.2) is 0 Å². The molecule has 0 radical (unpaired) electrons. The van der Waals surface area contributed by atoms with Crippen LogP contribution in [0.3, 0.4) is 0 Å². The highest BCUT2D eigenvalue weighted by Gasteiger charge is 2.54. The molecular formula is C24H32O5. The van der Waals surface area contributed by atoms with Gasteiger partial charge in [-0.25, -0.2) is 0 Å². The lowest BCUT2D eigenvalue weighted by Gasteiger charge is -2.55. The molecule has 0 saturated carbocycles. The van der Waals surface area contributed by atoms with E-state index in [1.54, 1.807) is 6.92 Å². The van der Waals surface area contributed by atoms with Gasteiger partial charge in [0.05, 0.1) is 19.3 Å². The number of benzene rings is 1. The van der Waals surface area contributed by atoms with E-state index in [4.69, 9.17) is 14.2 Å². The van der Waals surface area contributed by atoms with E-state index in [9.17, 15) is 9.59 Å². The molecule has 5 nitrogen and oxygen atoms in total. The van der Waals surface area contributed by atoms with Gasteiger partial charge in [-0.2, -0.15) is 0 Å². The van der Waals surface area contributed by atoms with E-state index in [1.807, 2.05) is 31.2 Å². The fraction of sp³-hybridized carbons (Fsp3) is 0.583. The number of carbonyl (C=O) groups excluding carboxylic acids is 2. The first-order valence-corrected chi connectivity index (χ1v) is 10.6. The van der Waals surface area contributed by atoms with E-state index in [2.05, 4.69) is 26.8 Å². The number of fused-ring (bicyclic) bond motifs is 2. The van der Waals surface area contributed by atoms with Gasteiger partial charge >= 0.3 is 11.9 Å². The van der Waals surface area contributed by atoms with Crippen LogP contribution in [0.2, 0.25) is 0 Å². The minimum absolute atomic E-state index is 0.127. The molecular weight excluding hydrogens is 368 g/mol. The van der Waals surface area contributed by atoms with Crippen LogP contribution in [0, 0.1) is 23.2 Å². The van der Waals surface area contributed by atoms with Crippen LogP contribution in [-0.4, -0.2) is 25.2 Å². The Hall–Kier alpha value is -2.14. The maximum atomic E-state index is 11.9. The smallest absolute Gasteiger partial charge is 0.310 e. The van der Waals surface area contributed by atoms with Crippen LogP contribution in [0.25, 0.3) is 0 Å². The Balaban J connectivity index is 1.94. The van der Waals surface area contributed by atoms with E-state index in [-0.39, 0.29) is 41.2 Å². The number of allylic oxidation sites excluding steroid dienone is 1. The van der Waals surface area contributed by atoms with Crippen molar-refractivity contribution in [2.75, 3.05) is 13.2 Å². The van der Waals surface area contributed by atoms with Crippen molar-refractivity contribution in [3.63, 3.8) is 0 Å². The van der Waals surface area contributed by atoms with Crippen LogP contribution >= 0.6 is 0 Å². The number of carbonyl (C=O) groups is 2. The van der Waals surface area contributed by atoms with Crippen molar-refractivity contribution in [2.45, 2.75) is 53.6 Å². The van der Waals surface area contributed by atoms with Gasteiger partial charge < -0.3 is 14.2 Å². The van der Waals surface area contributed by atoms with Crippen LogP contribution in [0.15, 0.2) is 35.9 Å². The molecule has 29 heavy (non-hydrogen) atoms. The Morgan fingerprint density at radius 3 is 2.52 bits per heavy atom. The van der Waals surface area contributed by atoms with Crippen molar-refractivity contribution in [1.82, 2.24) is 0 Å². The summed E-state index contributed by atoms with van der Waals surface area (Å²) in [4.78, 5) is 23.7. The normalized spacial score (nSPS) is 31.0. The molecule has 2 bridgehead atoms. The van der Waals surface area contributed by atoms with Crippen LogP contribution in [-0.2, 0) is 19.1 Å². The standard InChI is InChI=1S/C24H32O5/c1-6-20(25)27-13-24-14-28-23(22(17(24)5)15(3)12-16(24)4)18-10-8-9-11-19(18)29-21(26)7-2/h8-12,16-17,22-23H,6-7,13-14H2,1-5H3/t16-,17-,22+,23-,24+/m0/s1. The SMILES string of the molecule is CCC(=O)OC[C@@]12CO[C@@H](c3ccccc3OC(=O)CC)[C@H](C(C)=C[C@@H]1C)[C@@H]2C. The Morgan fingerprint density at radius 1 is 1.14 bits per heavy atom. The van der Waals surface area contributed by atoms with Crippen molar-refractivity contribution < 1.29 is 23.8 Å². The number of ether oxygens (including phenoxy) is 3. The quantitative estimate of drug-likeness (QED) is 0.388. The summed E-state index contributed by atoms with van der Waals surface area (Å²) in [5, 5.41) is 0. The molecule has 0 aromatic heterocycles. The predicted octanol–water partition coefficient (Wildman–Crippen LogP) is 4.86. The van der Waals surface area contributed by atoms with Crippen molar-refractivity contribution in [3.8, 4) is 5.75 Å². The van der Waals surface area contributed by atoms with Gasteiger partial charge in [-0.1, -0.05) is 57.5 Å². The number of hydrogen-bond acceptors (Lipinski definition) is 5. The fourth-order valence-electron chi connectivity index (χ4n) is 4.86. The second-order valence-corrected chi connectivity index (χ2v) is 8.36. The van der Waals surface area contributed by atoms with E-state index < -0.39 is 0 Å². The zero-order valence-corrected chi connectivity index (χ0v) is 18.1. The number of para-hydroxylation sites is 1. The third-order valence-corrected chi connectivity index (χ3v) is 6.78. The highest BCUT2D eigenvalue weighted by atomic mass is 16.5. The summed E-state index contributed by atoms with van der Waals surface area (Å²) in [6, 6.07) is 7.62. The average Bonchev–Trinajstić information content (AvgIpc) is 2.71. The molecule has 158 valence electrons. The second-order valence-electron chi connectivity index (χ2n) is 8.36. The molecule has 1 aliphatic carbocycles. The molecule has 0 N–H and O–H groups in total. The molecule has 2 aliphatic rings. The Labute approximate surface area is 173 Å². The minimum Gasteiger partial charge on any atom is -0.465 e. The molecule has 0 spiro atoms. The van der Waals surface area contributed by atoms with Crippen LogP contribution in [0.5, 0.6) is 5.75 Å². The van der Waals surface area contributed by atoms with Crippen LogP contribution in [0.4, 0.5) is 0 Å². The van der Waals surface area contributed by atoms with Gasteiger partial charge in [-0.15, -0.1) is 0 Å². The minimum atomic E-state index is -0.258. The maximum Gasteiger partial charge on any atom is 0.310 e. The van der Waals surface area contributed by atoms with Gasteiger partial charge in [0.2, 0.25) is 0 Å². The Morgan fingerprint density at radius 2 is 1.83 bits per heavy atom. The zero-order valence-electron chi connectivity index (χ0n) is 18.1. The van der Waals surface area contributed by atoms with Crippen LogP contribution < -0.4 is 4.74 Å². The van der Waals surface area contributed by atoms with Gasteiger partial charge in [0.1, 0.15) is 5.75 Å². The van der Waals surface area contributed by atoms with E-state index >= 15 is 0 Å². The highest BCUT2D eigenvalue weighted by molar-refractivity contribution is 5.72. The summed E-state index contributed by atoms with van der Waals surface area (Å²) in [5.41, 5.74) is 1.91. The van der Waals surface area contributed by atoms with E-state index in [1.165, 1.54) is 5.57 Å². The summed E-state index contributed by atoms with van der Waals surface area (Å²) in [7, 11) is 0. The maximum absolute atomic E-state index is 11.9. The predicted molar refractivity (Wildman–Crippen MR) is 110 cm³/mol. The van der Waals surface area contributed by atoms with Gasteiger partial charge in [-0.3, -0.25) is 9.59 Å². The van der Waals surface area contributed by atoms with Gasteiger partial charge in [0, 0.05) is 29.7 Å². The molecule has 1 aromatic carbocycles. The fourth-order valence-corrected chi connectivity index (χ4v) is 4.86. The van der Waals surface area contributed by atoms with Gasteiger partial charge in [-0.05, 0) is 24.8 Å². The Bertz CT molecular complexity index is 798. The molecule has 1 saturated heterocycles.